The zero-order valence-corrected chi connectivity index (χ0v) is 12.3. The molecule has 3 N–H and O–H groups in total. The molecular formula is C14H15ClN4O2. The number of anilines is 1. The zero-order valence-electron chi connectivity index (χ0n) is 11.5. The van der Waals surface area contributed by atoms with Crippen LogP contribution in [0.4, 0.5) is 5.82 Å². The minimum absolute atomic E-state index is 0.297. The second kappa shape index (κ2) is 5.75. The number of hydrogen-bond acceptors (Lipinski definition) is 4. The fourth-order valence-electron chi connectivity index (χ4n) is 2.36. The van der Waals surface area contributed by atoms with Crippen LogP contribution in [0.5, 0.6) is 5.75 Å². The molecule has 0 saturated carbocycles. The maximum atomic E-state index is 12.4. The summed E-state index contributed by atoms with van der Waals surface area (Å²) in [4.78, 5) is 12.4. The van der Waals surface area contributed by atoms with E-state index >= 15 is 0 Å². The van der Waals surface area contributed by atoms with Crippen LogP contribution in [0.2, 0.25) is 5.02 Å². The fraction of sp³-hybridized carbons (Fsp3) is 0.286. The van der Waals surface area contributed by atoms with Crippen LogP contribution in [0.1, 0.15) is 21.6 Å². The molecule has 6 nitrogen and oxygen atoms in total. The number of rotatable bonds is 3. The molecule has 0 unspecified atom stereocenters. The molecule has 0 fully saturated rings. The number of ether oxygens (including phenoxy) is 1. The second-order valence-electron chi connectivity index (χ2n) is 4.75. The van der Waals surface area contributed by atoms with Crippen LogP contribution >= 0.6 is 11.6 Å². The first-order valence-electron chi connectivity index (χ1n) is 6.60. The van der Waals surface area contributed by atoms with Crippen molar-refractivity contribution in [2.45, 2.75) is 13.0 Å². The third-order valence-electron chi connectivity index (χ3n) is 3.44. The lowest BCUT2D eigenvalue weighted by molar-refractivity contribution is 0.102. The van der Waals surface area contributed by atoms with E-state index < -0.39 is 0 Å². The number of benzene rings is 1. The highest BCUT2D eigenvalue weighted by atomic mass is 35.5. The summed E-state index contributed by atoms with van der Waals surface area (Å²) in [5.41, 5.74) is 2.43. The minimum atomic E-state index is -0.297. The number of hydrogen-bond donors (Lipinski definition) is 3. The minimum Gasteiger partial charge on any atom is -0.496 e. The highest BCUT2D eigenvalue weighted by Crippen LogP contribution is 2.25. The molecule has 3 rings (SSSR count). The molecule has 21 heavy (non-hydrogen) atoms. The first-order chi connectivity index (χ1) is 10.2. The molecule has 1 aromatic carbocycles. The van der Waals surface area contributed by atoms with Crippen molar-refractivity contribution in [1.29, 1.82) is 0 Å². The Bertz CT molecular complexity index is 684. The average molecular weight is 307 g/mol. The van der Waals surface area contributed by atoms with Gasteiger partial charge in [-0.3, -0.25) is 9.89 Å². The third-order valence-corrected chi connectivity index (χ3v) is 3.68. The normalized spacial score (nSPS) is 13.6. The van der Waals surface area contributed by atoms with Gasteiger partial charge in [0.2, 0.25) is 0 Å². The number of aromatic amines is 1. The summed E-state index contributed by atoms with van der Waals surface area (Å²) >= 11 is 5.95. The van der Waals surface area contributed by atoms with Crippen LogP contribution in [-0.4, -0.2) is 29.8 Å². The molecule has 7 heteroatoms. The number of amides is 1. The Labute approximate surface area is 126 Å². The zero-order chi connectivity index (χ0) is 14.8. The first-order valence-corrected chi connectivity index (χ1v) is 6.98. The fourth-order valence-corrected chi connectivity index (χ4v) is 2.53. The molecule has 0 atom stereocenters. The van der Waals surface area contributed by atoms with Crippen LogP contribution in [0.15, 0.2) is 18.2 Å². The Balaban J connectivity index is 1.87. The van der Waals surface area contributed by atoms with Crippen molar-refractivity contribution in [3.63, 3.8) is 0 Å². The maximum absolute atomic E-state index is 12.4. The Morgan fingerprint density at radius 1 is 1.48 bits per heavy atom. The van der Waals surface area contributed by atoms with Gasteiger partial charge in [0.1, 0.15) is 5.75 Å². The van der Waals surface area contributed by atoms with E-state index in [-0.39, 0.29) is 5.91 Å². The van der Waals surface area contributed by atoms with Crippen molar-refractivity contribution in [2.24, 2.45) is 0 Å². The molecule has 110 valence electrons. The molecule has 1 aromatic heterocycles. The summed E-state index contributed by atoms with van der Waals surface area (Å²) in [6.45, 7) is 1.60. The van der Waals surface area contributed by atoms with Gasteiger partial charge in [-0.05, 0) is 18.2 Å². The van der Waals surface area contributed by atoms with E-state index in [0.29, 0.717) is 28.7 Å². The van der Waals surface area contributed by atoms with Gasteiger partial charge in [0.05, 0.1) is 12.7 Å². The summed E-state index contributed by atoms with van der Waals surface area (Å²) in [5, 5.41) is 13.7. The van der Waals surface area contributed by atoms with Gasteiger partial charge >= 0.3 is 0 Å². The number of nitrogens with zero attached hydrogens (tertiary/aromatic N) is 1. The SMILES string of the molecule is COc1ccc(Cl)cc1C(=O)Nc1n[nH]c2c1CNCC2. The van der Waals surface area contributed by atoms with E-state index in [1.807, 2.05) is 0 Å². The van der Waals surface area contributed by atoms with E-state index in [0.717, 1.165) is 24.2 Å². The number of carbonyl (C=O) groups excluding carboxylic acids is 1. The predicted molar refractivity (Wildman–Crippen MR) is 80.0 cm³/mol. The Hall–Kier alpha value is -2.05. The Morgan fingerprint density at radius 2 is 2.33 bits per heavy atom. The van der Waals surface area contributed by atoms with Gasteiger partial charge in [-0.25, -0.2) is 0 Å². The van der Waals surface area contributed by atoms with Crippen LogP contribution < -0.4 is 15.4 Å². The lowest BCUT2D eigenvalue weighted by Crippen LogP contribution is -2.24. The molecule has 2 aromatic rings. The number of fused-ring (bicyclic) bond motifs is 1. The lowest BCUT2D eigenvalue weighted by Gasteiger charge is -2.13. The van der Waals surface area contributed by atoms with Crippen molar-refractivity contribution in [1.82, 2.24) is 15.5 Å². The molecular weight excluding hydrogens is 292 g/mol. The molecule has 1 amide bonds. The van der Waals surface area contributed by atoms with E-state index in [9.17, 15) is 4.79 Å². The van der Waals surface area contributed by atoms with E-state index in [1.54, 1.807) is 18.2 Å². The number of aromatic nitrogens is 2. The first kappa shape index (κ1) is 13.9. The van der Waals surface area contributed by atoms with E-state index in [4.69, 9.17) is 16.3 Å². The van der Waals surface area contributed by atoms with Gasteiger partial charge in [0, 0.05) is 35.8 Å². The number of carbonyl (C=O) groups is 1. The van der Waals surface area contributed by atoms with Crippen molar-refractivity contribution in [2.75, 3.05) is 19.0 Å². The van der Waals surface area contributed by atoms with Gasteiger partial charge in [0.15, 0.2) is 5.82 Å². The topological polar surface area (TPSA) is 79.0 Å². The largest absolute Gasteiger partial charge is 0.496 e. The highest BCUT2D eigenvalue weighted by Gasteiger charge is 2.20. The molecule has 0 saturated heterocycles. The molecule has 1 aliphatic heterocycles. The number of halogens is 1. The van der Waals surface area contributed by atoms with Gasteiger partial charge < -0.3 is 15.4 Å². The van der Waals surface area contributed by atoms with Gasteiger partial charge in [-0.2, -0.15) is 5.10 Å². The van der Waals surface area contributed by atoms with Crippen molar-refractivity contribution in [3.05, 3.63) is 40.0 Å². The number of H-pyrrole nitrogens is 1. The van der Waals surface area contributed by atoms with Crippen molar-refractivity contribution < 1.29 is 9.53 Å². The summed E-state index contributed by atoms with van der Waals surface area (Å²) in [5.74, 6) is 0.720. The average Bonchev–Trinajstić information content (AvgIpc) is 2.90. The van der Waals surface area contributed by atoms with Crippen LogP contribution in [0, 0.1) is 0 Å². The lowest BCUT2D eigenvalue weighted by atomic mass is 10.1. The van der Waals surface area contributed by atoms with Crippen LogP contribution in [0.3, 0.4) is 0 Å². The van der Waals surface area contributed by atoms with E-state index in [2.05, 4.69) is 20.8 Å². The molecule has 0 bridgehead atoms. The summed E-state index contributed by atoms with van der Waals surface area (Å²) in [7, 11) is 1.51. The number of nitrogens with one attached hydrogen (secondary N) is 3. The Kier molecular flexibility index (Phi) is 3.81. The van der Waals surface area contributed by atoms with Gasteiger partial charge in [-0.15, -0.1) is 0 Å². The standard InChI is InChI=1S/C14H15ClN4O2/c1-21-12-3-2-8(15)6-9(12)14(20)17-13-10-7-16-5-4-11(10)18-19-13/h2-3,6,16H,4-5,7H2,1H3,(H2,17,18,19,20). The Morgan fingerprint density at radius 3 is 3.14 bits per heavy atom. The summed E-state index contributed by atoms with van der Waals surface area (Å²) in [6, 6.07) is 4.92. The summed E-state index contributed by atoms with van der Waals surface area (Å²) in [6.07, 6.45) is 0.874. The highest BCUT2D eigenvalue weighted by molar-refractivity contribution is 6.31. The molecule has 0 aliphatic carbocycles. The molecule has 0 spiro atoms. The monoisotopic (exact) mass is 306 g/mol. The second-order valence-corrected chi connectivity index (χ2v) is 5.19. The maximum Gasteiger partial charge on any atom is 0.260 e. The van der Waals surface area contributed by atoms with E-state index in [1.165, 1.54) is 7.11 Å². The smallest absolute Gasteiger partial charge is 0.260 e. The quantitative estimate of drug-likeness (QED) is 0.810. The summed E-state index contributed by atoms with van der Waals surface area (Å²) < 4.78 is 5.19. The van der Waals surface area contributed by atoms with Gasteiger partial charge in [0.25, 0.3) is 5.91 Å². The molecule has 2 heterocycles. The number of methoxy groups -OCH3 is 1. The predicted octanol–water partition coefficient (Wildman–Crippen LogP) is 1.97. The van der Waals surface area contributed by atoms with Crippen LogP contribution in [-0.2, 0) is 13.0 Å². The van der Waals surface area contributed by atoms with Crippen molar-refractivity contribution in [3.8, 4) is 5.75 Å². The van der Waals surface area contributed by atoms with Gasteiger partial charge in [-0.1, -0.05) is 11.6 Å². The third kappa shape index (κ3) is 2.72. The van der Waals surface area contributed by atoms with Crippen molar-refractivity contribution >= 4 is 23.3 Å². The molecule has 1 aliphatic rings. The van der Waals surface area contributed by atoms with Crippen LogP contribution in [0.25, 0.3) is 0 Å². The molecule has 0 radical (unpaired) electrons.